The van der Waals surface area contributed by atoms with Crippen LogP contribution in [0.2, 0.25) is 0 Å². The molecule has 1 aromatic rings. The van der Waals surface area contributed by atoms with E-state index in [0.29, 0.717) is 5.75 Å². The summed E-state index contributed by atoms with van der Waals surface area (Å²) < 4.78 is 28.1. The van der Waals surface area contributed by atoms with Crippen LogP contribution in [0.3, 0.4) is 0 Å². The summed E-state index contributed by atoms with van der Waals surface area (Å²) in [6.07, 6.45) is 4.97. The third kappa shape index (κ3) is 2.06. The lowest BCUT2D eigenvalue weighted by molar-refractivity contribution is 0.403. The Morgan fingerprint density at radius 1 is 1.43 bits per heavy atom. The molecule has 1 aromatic carbocycles. The summed E-state index contributed by atoms with van der Waals surface area (Å²) in [5.74, 6) is 2.12. The molecule has 4 heteroatoms. The minimum absolute atomic E-state index is 0.139. The van der Waals surface area contributed by atoms with Gasteiger partial charge in [-0.25, -0.2) is 8.42 Å². The van der Waals surface area contributed by atoms with Crippen LogP contribution in [0.1, 0.15) is 0 Å². The molecule has 0 fully saturated rings. The van der Waals surface area contributed by atoms with Crippen LogP contribution in [0, 0.1) is 12.3 Å². The normalized spacial score (nSPS) is 10.6. The topological polar surface area (TPSA) is 43.4 Å². The minimum atomic E-state index is -3.41. The zero-order chi connectivity index (χ0) is 10.6. The van der Waals surface area contributed by atoms with Gasteiger partial charge in [-0.3, -0.25) is 0 Å². The Morgan fingerprint density at radius 2 is 2.07 bits per heavy atom. The minimum Gasteiger partial charge on any atom is -0.495 e. The Labute approximate surface area is 83.6 Å². The Hall–Kier alpha value is -1.47. The fourth-order valence-corrected chi connectivity index (χ4v) is 2.18. The number of terminal acetylenes is 1. The monoisotopic (exact) mass is 210 g/mol. The highest BCUT2D eigenvalue weighted by molar-refractivity contribution is 7.91. The second-order valence-electron chi connectivity index (χ2n) is 2.61. The molecule has 0 aliphatic carbocycles. The molecular weight excluding hydrogens is 200 g/mol. The Morgan fingerprint density at radius 3 is 2.64 bits per heavy atom. The van der Waals surface area contributed by atoms with E-state index >= 15 is 0 Å². The number of hydrogen-bond donors (Lipinski definition) is 0. The Kier molecular flexibility index (Phi) is 3.15. The summed E-state index contributed by atoms with van der Waals surface area (Å²) in [7, 11) is -1.99. The Bertz CT molecular complexity index is 455. The first-order chi connectivity index (χ1) is 6.61. The maximum absolute atomic E-state index is 11.6. The van der Waals surface area contributed by atoms with Crippen LogP contribution in [0.4, 0.5) is 0 Å². The van der Waals surface area contributed by atoms with Gasteiger partial charge in [0.15, 0.2) is 9.84 Å². The van der Waals surface area contributed by atoms with Crippen LogP contribution in [0.5, 0.6) is 5.75 Å². The number of methoxy groups -OCH3 is 1. The summed E-state index contributed by atoms with van der Waals surface area (Å²) in [6, 6.07) is 6.40. The van der Waals surface area contributed by atoms with Gasteiger partial charge in [0, 0.05) is 0 Å². The van der Waals surface area contributed by atoms with Crippen LogP contribution < -0.4 is 4.74 Å². The fraction of sp³-hybridized carbons (Fsp3) is 0.200. The van der Waals surface area contributed by atoms with Crippen molar-refractivity contribution in [1.82, 2.24) is 0 Å². The molecule has 0 unspecified atom stereocenters. The van der Waals surface area contributed by atoms with E-state index in [0.717, 1.165) is 0 Å². The number of benzene rings is 1. The summed E-state index contributed by atoms with van der Waals surface area (Å²) in [4.78, 5) is 0.139. The van der Waals surface area contributed by atoms with Crippen molar-refractivity contribution in [3.05, 3.63) is 24.3 Å². The number of para-hydroxylation sites is 1. The highest BCUT2D eigenvalue weighted by Gasteiger charge is 2.17. The molecule has 0 spiro atoms. The molecule has 0 radical (unpaired) electrons. The number of sulfone groups is 1. The van der Waals surface area contributed by atoms with Crippen molar-refractivity contribution >= 4 is 9.84 Å². The smallest absolute Gasteiger partial charge is 0.193 e. The Balaban J connectivity index is 3.26. The summed E-state index contributed by atoms with van der Waals surface area (Å²) in [5.41, 5.74) is 0. The lowest BCUT2D eigenvalue weighted by Gasteiger charge is -2.06. The molecule has 0 heterocycles. The van der Waals surface area contributed by atoms with E-state index in [9.17, 15) is 8.42 Å². The lowest BCUT2D eigenvalue weighted by Crippen LogP contribution is -2.06. The first kappa shape index (κ1) is 10.6. The SMILES string of the molecule is C#CCS(=O)(=O)c1ccccc1OC. The zero-order valence-electron chi connectivity index (χ0n) is 7.73. The molecule has 0 aliphatic rings. The van der Waals surface area contributed by atoms with Gasteiger partial charge in [-0.2, -0.15) is 0 Å². The molecule has 0 saturated carbocycles. The summed E-state index contributed by atoms with van der Waals surface area (Å²) >= 11 is 0. The van der Waals surface area contributed by atoms with Crippen LogP contribution in [-0.4, -0.2) is 21.3 Å². The van der Waals surface area contributed by atoms with Gasteiger partial charge in [-0.1, -0.05) is 18.1 Å². The van der Waals surface area contributed by atoms with E-state index in [1.54, 1.807) is 18.2 Å². The van der Waals surface area contributed by atoms with Gasteiger partial charge >= 0.3 is 0 Å². The first-order valence-electron chi connectivity index (χ1n) is 3.91. The van der Waals surface area contributed by atoms with Crippen LogP contribution in [-0.2, 0) is 9.84 Å². The summed E-state index contributed by atoms with van der Waals surface area (Å²) in [5, 5.41) is 0. The van der Waals surface area contributed by atoms with Gasteiger partial charge in [-0.15, -0.1) is 6.42 Å². The quantitative estimate of drug-likeness (QED) is 0.702. The van der Waals surface area contributed by atoms with Gasteiger partial charge in [0.1, 0.15) is 16.4 Å². The highest BCUT2D eigenvalue weighted by Crippen LogP contribution is 2.23. The number of rotatable bonds is 3. The summed E-state index contributed by atoms with van der Waals surface area (Å²) in [6.45, 7) is 0. The molecule has 0 N–H and O–H groups in total. The van der Waals surface area contributed by atoms with Gasteiger partial charge in [0.05, 0.1) is 7.11 Å². The highest BCUT2D eigenvalue weighted by atomic mass is 32.2. The van der Waals surface area contributed by atoms with Crippen LogP contribution in [0.25, 0.3) is 0 Å². The maximum Gasteiger partial charge on any atom is 0.193 e. The standard InChI is InChI=1S/C10H10O3S/c1-3-8-14(11,12)10-7-5-4-6-9(10)13-2/h1,4-7H,8H2,2H3. The van der Waals surface area contributed by atoms with Crippen molar-refractivity contribution in [3.63, 3.8) is 0 Å². The van der Waals surface area contributed by atoms with E-state index in [1.807, 2.05) is 0 Å². The predicted molar refractivity (Wildman–Crippen MR) is 53.9 cm³/mol. The van der Waals surface area contributed by atoms with Crippen molar-refractivity contribution in [3.8, 4) is 18.1 Å². The molecule has 14 heavy (non-hydrogen) atoms. The molecule has 0 bridgehead atoms. The molecular formula is C10H10O3S. The number of hydrogen-bond acceptors (Lipinski definition) is 3. The molecule has 0 aliphatic heterocycles. The second-order valence-corrected chi connectivity index (χ2v) is 4.57. The molecule has 0 saturated heterocycles. The molecule has 0 amide bonds. The van der Waals surface area contributed by atoms with Crippen molar-refractivity contribution in [1.29, 1.82) is 0 Å². The largest absolute Gasteiger partial charge is 0.495 e. The third-order valence-electron chi connectivity index (χ3n) is 1.68. The third-order valence-corrected chi connectivity index (χ3v) is 3.23. The van der Waals surface area contributed by atoms with E-state index in [4.69, 9.17) is 11.2 Å². The van der Waals surface area contributed by atoms with Gasteiger partial charge in [0.25, 0.3) is 0 Å². The van der Waals surface area contributed by atoms with Crippen molar-refractivity contribution in [2.24, 2.45) is 0 Å². The van der Waals surface area contributed by atoms with Gasteiger partial charge in [-0.05, 0) is 12.1 Å². The molecule has 3 nitrogen and oxygen atoms in total. The predicted octanol–water partition coefficient (Wildman–Crippen LogP) is 1.10. The van der Waals surface area contributed by atoms with E-state index in [1.165, 1.54) is 13.2 Å². The molecule has 1 rings (SSSR count). The van der Waals surface area contributed by atoms with Gasteiger partial charge < -0.3 is 4.74 Å². The average molecular weight is 210 g/mol. The molecule has 0 aromatic heterocycles. The van der Waals surface area contributed by atoms with E-state index in [2.05, 4.69) is 5.92 Å². The van der Waals surface area contributed by atoms with Crippen LogP contribution >= 0.6 is 0 Å². The zero-order valence-corrected chi connectivity index (χ0v) is 8.54. The molecule has 0 atom stereocenters. The lowest BCUT2D eigenvalue weighted by atomic mass is 10.3. The fourth-order valence-electron chi connectivity index (χ4n) is 1.06. The van der Waals surface area contributed by atoms with Crippen LogP contribution in [0.15, 0.2) is 29.2 Å². The number of ether oxygens (including phenoxy) is 1. The van der Waals surface area contributed by atoms with Gasteiger partial charge in [0.2, 0.25) is 0 Å². The van der Waals surface area contributed by atoms with E-state index in [-0.39, 0.29) is 10.6 Å². The average Bonchev–Trinajstić information content (AvgIpc) is 2.18. The molecule has 74 valence electrons. The second kappa shape index (κ2) is 4.16. The van der Waals surface area contributed by atoms with Crippen molar-refractivity contribution in [2.45, 2.75) is 4.90 Å². The first-order valence-corrected chi connectivity index (χ1v) is 5.56. The van der Waals surface area contributed by atoms with Crippen molar-refractivity contribution in [2.75, 3.05) is 12.9 Å². The maximum atomic E-state index is 11.6. The van der Waals surface area contributed by atoms with E-state index < -0.39 is 9.84 Å². The van der Waals surface area contributed by atoms with Crippen molar-refractivity contribution < 1.29 is 13.2 Å².